The number of fused-ring (bicyclic) bond motifs is 7. The summed E-state index contributed by atoms with van der Waals surface area (Å²) in [6.07, 6.45) is 5.34. The number of nitrogens with one attached hydrogen (secondary N) is 1. The van der Waals surface area contributed by atoms with Crippen LogP contribution in [-0.2, 0) is 10.2 Å². The van der Waals surface area contributed by atoms with Gasteiger partial charge in [-0.3, -0.25) is 19.4 Å². The smallest absolute Gasteiger partial charge is 0.238 e. The van der Waals surface area contributed by atoms with Crippen LogP contribution >= 0.6 is 0 Å². The number of para-hydroxylation sites is 1. The van der Waals surface area contributed by atoms with E-state index in [-0.39, 0.29) is 30.0 Å². The third-order valence-electron chi connectivity index (χ3n) is 8.70. The lowest BCUT2D eigenvalue weighted by Gasteiger charge is -2.38. The Hall–Kier alpha value is -5.24. The van der Waals surface area contributed by atoms with Crippen molar-refractivity contribution in [3.05, 3.63) is 125 Å². The summed E-state index contributed by atoms with van der Waals surface area (Å²) >= 11 is 0. The number of Topliss-reactive ketones (excluding diaryl/α,β-unsaturated/α-hetero) is 2. The summed E-state index contributed by atoms with van der Waals surface area (Å²) < 4.78 is 11.1. The van der Waals surface area contributed by atoms with E-state index in [1.807, 2.05) is 65.7 Å². The van der Waals surface area contributed by atoms with Gasteiger partial charge in [-0.15, -0.1) is 0 Å². The van der Waals surface area contributed by atoms with Crippen molar-refractivity contribution in [2.75, 3.05) is 12.1 Å². The van der Waals surface area contributed by atoms with E-state index in [1.165, 1.54) is 0 Å². The standard InChI is InChI=1S/C33H23N3O5/c37-29(20-12-13-25-26(17-20)41-18-40-25)27-28(30(38)24-11-5-6-15-34-24)36-16-14-19-7-1-2-8-21(19)31(36)33(27)22-9-3-4-10-23(22)35-32(33)39/h1-17,27-28,31H,18H2,(H,35,39)/t27-,28-,31+,33+/m0/s1. The fraction of sp³-hybridized carbons (Fsp3) is 0.152. The average Bonchev–Trinajstić information content (AvgIpc) is 3.70. The van der Waals surface area contributed by atoms with Gasteiger partial charge in [-0.25, -0.2) is 0 Å². The molecule has 1 N–H and O–H groups in total. The van der Waals surface area contributed by atoms with Crippen molar-refractivity contribution in [2.24, 2.45) is 5.92 Å². The molecule has 1 fully saturated rings. The summed E-state index contributed by atoms with van der Waals surface area (Å²) in [5, 5.41) is 3.06. The summed E-state index contributed by atoms with van der Waals surface area (Å²) in [6.45, 7) is 0.0638. The zero-order chi connectivity index (χ0) is 27.7. The van der Waals surface area contributed by atoms with Crippen LogP contribution in [0.2, 0.25) is 0 Å². The molecule has 200 valence electrons. The lowest BCUT2D eigenvalue weighted by Crippen LogP contribution is -2.49. The highest BCUT2D eigenvalue weighted by atomic mass is 16.7. The van der Waals surface area contributed by atoms with Crippen molar-refractivity contribution >= 4 is 29.2 Å². The Labute approximate surface area is 235 Å². The number of carbonyl (C=O) groups excluding carboxylic acids is 3. The van der Waals surface area contributed by atoms with E-state index in [1.54, 1.807) is 42.6 Å². The molecule has 8 rings (SSSR count). The molecule has 5 heterocycles. The fourth-order valence-electron chi connectivity index (χ4n) is 7.06. The Kier molecular flexibility index (Phi) is 4.97. The van der Waals surface area contributed by atoms with Crippen molar-refractivity contribution in [1.82, 2.24) is 9.88 Å². The van der Waals surface area contributed by atoms with Gasteiger partial charge in [-0.05, 0) is 59.2 Å². The summed E-state index contributed by atoms with van der Waals surface area (Å²) in [6, 6.07) is 23.8. The van der Waals surface area contributed by atoms with Gasteiger partial charge >= 0.3 is 0 Å². The van der Waals surface area contributed by atoms with E-state index in [2.05, 4.69) is 10.3 Å². The summed E-state index contributed by atoms with van der Waals surface area (Å²) in [7, 11) is 0. The fourth-order valence-corrected chi connectivity index (χ4v) is 7.06. The molecule has 0 bridgehead atoms. The molecule has 1 spiro atoms. The molecule has 0 aliphatic carbocycles. The monoisotopic (exact) mass is 541 g/mol. The first-order valence-electron chi connectivity index (χ1n) is 13.4. The van der Waals surface area contributed by atoms with Crippen molar-refractivity contribution in [1.29, 1.82) is 0 Å². The SMILES string of the molecule is O=C(c1ccccn1)[C@@H]1[C@@H](C(=O)c2ccc3c(c2)OCO3)[C@@]2(C(=O)Nc3ccccc32)[C@H]2c3ccccc3C=CN12. The van der Waals surface area contributed by atoms with Gasteiger partial charge in [0.1, 0.15) is 17.2 Å². The lowest BCUT2D eigenvalue weighted by atomic mass is 9.62. The number of pyridine rings is 1. The number of carbonyl (C=O) groups is 3. The van der Waals surface area contributed by atoms with Crippen molar-refractivity contribution in [3.8, 4) is 11.5 Å². The normalized spacial score (nSPS) is 24.5. The van der Waals surface area contributed by atoms with Gasteiger partial charge in [0.05, 0.1) is 12.0 Å². The molecule has 0 saturated carbocycles. The number of amides is 1. The number of nitrogens with zero attached hydrogens (tertiary/aromatic N) is 2. The second kappa shape index (κ2) is 8.63. The zero-order valence-corrected chi connectivity index (χ0v) is 21.7. The van der Waals surface area contributed by atoms with Gasteiger partial charge in [-0.2, -0.15) is 0 Å². The van der Waals surface area contributed by atoms with Crippen LogP contribution in [0.1, 0.15) is 43.6 Å². The molecule has 8 nitrogen and oxygen atoms in total. The van der Waals surface area contributed by atoms with Crippen LogP contribution in [0.4, 0.5) is 5.69 Å². The molecule has 4 aliphatic heterocycles. The molecule has 0 radical (unpaired) electrons. The molecule has 1 amide bonds. The van der Waals surface area contributed by atoms with Gasteiger partial charge in [0.15, 0.2) is 17.3 Å². The number of hydrogen-bond donors (Lipinski definition) is 1. The highest BCUT2D eigenvalue weighted by Crippen LogP contribution is 2.62. The Bertz CT molecular complexity index is 1800. The number of benzene rings is 3. The molecule has 0 unspecified atom stereocenters. The number of aromatic nitrogens is 1. The zero-order valence-electron chi connectivity index (χ0n) is 21.7. The van der Waals surface area contributed by atoms with Gasteiger partial charge in [-0.1, -0.05) is 48.5 Å². The molecular formula is C33H23N3O5. The van der Waals surface area contributed by atoms with Crippen LogP contribution in [0.15, 0.2) is 97.3 Å². The molecule has 41 heavy (non-hydrogen) atoms. The summed E-state index contributed by atoms with van der Waals surface area (Å²) in [5.41, 5.74) is 2.31. The molecule has 1 aromatic heterocycles. The van der Waals surface area contributed by atoms with Crippen molar-refractivity contribution in [3.63, 3.8) is 0 Å². The van der Waals surface area contributed by atoms with Crippen LogP contribution in [0.25, 0.3) is 6.08 Å². The van der Waals surface area contributed by atoms with E-state index < -0.39 is 23.4 Å². The lowest BCUT2D eigenvalue weighted by molar-refractivity contribution is -0.122. The topological polar surface area (TPSA) is 97.8 Å². The van der Waals surface area contributed by atoms with Crippen LogP contribution in [0, 0.1) is 5.92 Å². The maximum atomic E-state index is 14.9. The molecule has 4 aromatic rings. The number of hydrogen-bond acceptors (Lipinski definition) is 7. The van der Waals surface area contributed by atoms with Gasteiger partial charge < -0.3 is 19.7 Å². The highest BCUT2D eigenvalue weighted by Gasteiger charge is 2.70. The highest BCUT2D eigenvalue weighted by molar-refractivity contribution is 6.16. The van der Waals surface area contributed by atoms with E-state index >= 15 is 0 Å². The van der Waals surface area contributed by atoms with E-state index in [0.717, 1.165) is 11.1 Å². The number of ether oxygens (including phenoxy) is 2. The molecule has 1 saturated heterocycles. The largest absolute Gasteiger partial charge is 0.454 e. The Balaban J connectivity index is 1.42. The van der Waals surface area contributed by atoms with E-state index in [9.17, 15) is 14.4 Å². The van der Waals surface area contributed by atoms with Gasteiger partial charge in [0.25, 0.3) is 0 Å². The third-order valence-corrected chi connectivity index (χ3v) is 8.70. The minimum atomic E-state index is -1.40. The molecular weight excluding hydrogens is 518 g/mol. The second-order valence-electron chi connectivity index (χ2n) is 10.6. The van der Waals surface area contributed by atoms with Crippen LogP contribution in [0.5, 0.6) is 11.5 Å². The summed E-state index contributed by atoms with van der Waals surface area (Å²) in [5.74, 6) is -1.05. The second-order valence-corrected chi connectivity index (χ2v) is 10.6. The van der Waals surface area contributed by atoms with Crippen molar-refractivity contribution in [2.45, 2.75) is 17.5 Å². The molecule has 8 heteroatoms. The predicted octanol–water partition coefficient (Wildman–Crippen LogP) is 4.79. The van der Waals surface area contributed by atoms with Crippen LogP contribution in [-0.4, -0.2) is 40.2 Å². The maximum Gasteiger partial charge on any atom is 0.238 e. The number of ketones is 2. The Morgan fingerprint density at radius 1 is 0.902 bits per heavy atom. The molecule has 3 aromatic carbocycles. The predicted molar refractivity (Wildman–Crippen MR) is 150 cm³/mol. The van der Waals surface area contributed by atoms with Gasteiger partial charge in [0.2, 0.25) is 18.5 Å². The number of anilines is 1. The van der Waals surface area contributed by atoms with Crippen LogP contribution in [0.3, 0.4) is 0 Å². The van der Waals surface area contributed by atoms with Crippen molar-refractivity contribution < 1.29 is 23.9 Å². The quantitative estimate of drug-likeness (QED) is 0.371. The third kappa shape index (κ3) is 3.15. The first kappa shape index (κ1) is 23.6. The maximum absolute atomic E-state index is 14.9. The molecule has 4 atom stereocenters. The summed E-state index contributed by atoms with van der Waals surface area (Å²) in [4.78, 5) is 50.0. The van der Waals surface area contributed by atoms with E-state index in [0.29, 0.717) is 28.3 Å². The molecule has 4 aliphatic rings. The first-order valence-corrected chi connectivity index (χ1v) is 13.4. The Morgan fingerprint density at radius 3 is 2.59 bits per heavy atom. The van der Waals surface area contributed by atoms with Gasteiger partial charge in [0, 0.05) is 23.6 Å². The Morgan fingerprint density at radius 2 is 1.71 bits per heavy atom. The minimum Gasteiger partial charge on any atom is -0.454 e. The van der Waals surface area contributed by atoms with Crippen LogP contribution < -0.4 is 14.8 Å². The first-order chi connectivity index (χ1) is 20.1. The number of rotatable bonds is 4. The average molecular weight is 542 g/mol. The van der Waals surface area contributed by atoms with E-state index in [4.69, 9.17) is 9.47 Å². The minimum absolute atomic E-state index is 0.0638.